The van der Waals surface area contributed by atoms with Crippen molar-refractivity contribution in [1.29, 1.82) is 0 Å². The van der Waals surface area contributed by atoms with Crippen LogP contribution in [-0.4, -0.2) is 45.7 Å². The van der Waals surface area contributed by atoms with E-state index in [1.807, 2.05) is 6.92 Å². The first-order valence-corrected chi connectivity index (χ1v) is 5.74. The summed E-state index contributed by atoms with van der Waals surface area (Å²) < 4.78 is 24.1. The molecule has 0 unspecified atom stereocenters. The van der Waals surface area contributed by atoms with Crippen molar-refractivity contribution in [2.75, 3.05) is 32.9 Å². The standard InChI is InChI=1S/C7H18N2O2S/c1-4-6-9(3)12(10,11)7-5-8-2/h8H,4-7H2,1-3H3. The van der Waals surface area contributed by atoms with Crippen LogP contribution in [0.25, 0.3) is 0 Å². The summed E-state index contributed by atoms with van der Waals surface area (Å²) in [5.41, 5.74) is 0. The lowest BCUT2D eigenvalue weighted by atomic mass is 10.5. The van der Waals surface area contributed by atoms with Crippen LogP contribution in [0.3, 0.4) is 0 Å². The fraction of sp³-hybridized carbons (Fsp3) is 1.00. The molecule has 0 aromatic rings. The molecule has 0 saturated carbocycles. The second-order valence-electron chi connectivity index (χ2n) is 2.74. The third-order valence-electron chi connectivity index (χ3n) is 1.62. The zero-order valence-corrected chi connectivity index (χ0v) is 8.82. The lowest BCUT2D eigenvalue weighted by Gasteiger charge is -2.15. The summed E-state index contributed by atoms with van der Waals surface area (Å²) in [4.78, 5) is 0. The van der Waals surface area contributed by atoms with Crippen molar-refractivity contribution >= 4 is 10.0 Å². The Bertz CT molecular complexity index is 201. The topological polar surface area (TPSA) is 49.4 Å². The van der Waals surface area contributed by atoms with Gasteiger partial charge in [0.05, 0.1) is 5.75 Å². The van der Waals surface area contributed by atoms with Crippen LogP contribution < -0.4 is 5.32 Å². The highest BCUT2D eigenvalue weighted by Crippen LogP contribution is 1.97. The normalized spacial score (nSPS) is 12.3. The van der Waals surface area contributed by atoms with E-state index in [4.69, 9.17) is 0 Å². The molecule has 0 bridgehead atoms. The van der Waals surface area contributed by atoms with Gasteiger partial charge in [0, 0.05) is 20.1 Å². The number of nitrogens with one attached hydrogen (secondary N) is 1. The van der Waals surface area contributed by atoms with Crippen molar-refractivity contribution in [3.8, 4) is 0 Å². The molecule has 4 nitrogen and oxygen atoms in total. The van der Waals surface area contributed by atoms with Gasteiger partial charge in [-0.05, 0) is 13.5 Å². The van der Waals surface area contributed by atoms with E-state index >= 15 is 0 Å². The third-order valence-corrected chi connectivity index (χ3v) is 3.48. The molecule has 0 radical (unpaired) electrons. The first-order chi connectivity index (χ1) is 5.54. The number of rotatable bonds is 6. The second-order valence-corrected chi connectivity index (χ2v) is 4.94. The molecule has 0 saturated heterocycles. The van der Waals surface area contributed by atoms with Crippen LogP contribution >= 0.6 is 0 Å². The zero-order valence-electron chi connectivity index (χ0n) is 8.00. The summed E-state index contributed by atoms with van der Waals surface area (Å²) in [6.07, 6.45) is 0.856. The zero-order chi connectivity index (χ0) is 9.61. The van der Waals surface area contributed by atoms with Crippen molar-refractivity contribution in [2.24, 2.45) is 0 Å². The van der Waals surface area contributed by atoms with E-state index in [0.717, 1.165) is 6.42 Å². The van der Waals surface area contributed by atoms with E-state index in [-0.39, 0.29) is 5.75 Å². The predicted molar refractivity (Wildman–Crippen MR) is 50.6 cm³/mol. The first kappa shape index (κ1) is 11.9. The third kappa shape index (κ3) is 4.04. The maximum absolute atomic E-state index is 11.4. The summed E-state index contributed by atoms with van der Waals surface area (Å²) in [6.45, 7) is 3.08. The molecule has 0 fully saturated rings. The Morgan fingerprint density at radius 1 is 1.42 bits per heavy atom. The first-order valence-electron chi connectivity index (χ1n) is 4.13. The van der Waals surface area contributed by atoms with Crippen molar-refractivity contribution < 1.29 is 8.42 Å². The summed E-state index contributed by atoms with van der Waals surface area (Å²) in [6, 6.07) is 0. The van der Waals surface area contributed by atoms with E-state index in [1.165, 1.54) is 4.31 Å². The van der Waals surface area contributed by atoms with Crippen molar-refractivity contribution in [1.82, 2.24) is 9.62 Å². The van der Waals surface area contributed by atoms with Crippen LogP contribution in [0, 0.1) is 0 Å². The van der Waals surface area contributed by atoms with Crippen LogP contribution in [0.1, 0.15) is 13.3 Å². The van der Waals surface area contributed by atoms with E-state index in [2.05, 4.69) is 5.32 Å². The van der Waals surface area contributed by atoms with Gasteiger partial charge < -0.3 is 5.32 Å². The van der Waals surface area contributed by atoms with Crippen LogP contribution in [0.2, 0.25) is 0 Å². The molecule has 12 heavy (non-hydrogen) atoms. The Hall–Kier alpha value is -0.130. The lowest BCUT2D eigenvalue weighted by Crippen LogP contribution is -2.33. The van der Waals surface area contributed by atoms with E-state index < -0.39 is 10.0 Å². The van der Waals surface area contributed by atoms with Crippen molar-refractivity contribution in [2.45, 2.75) is 13.3 Å². The van der Waals surface area contributed by atoms with E-state index in [1.54, 1.807) is 14.1 Å². The number of hydrogen-bond donors (Lipinski definition) is 1. The van der Waals surface area contributed by atoms with Gasteiger partial charge in [-0.25, -0.2) is 12.7 Å². The van der Waals surface area contributed by atoms with Gasteiger partial charge in [-0.15, -0.1) is 0 Å². The molecular formula is C7H18N2O2S. The second kappa shape index (κ2) is 5.50. The van der Waals surface area contributed by atoms with Gasteiger partial charge in [-0.1, -0.05) is 6.92 Å². The Morgan fingerprint density at radius 2 is 2.00 bits per heavy atom. The SMILES string of the molecule is CCCN(C)S(=O)(=O)CCNC. The minimum atomic E-state index is -3.01. The molecule has 0 spiro atoms. The van der Waals surface area contributed by atoms with E-state index in [0.29, 0.717) is 13.1 Å². The Labute approximate surface area is 75.0 Å². The van der Waals surface area contributed by atoms with Gasteiger partial charge in [-0.2, -0.15) is 0 Å². The maximum atomic E-state index is 11.4. The number of sulfonamides is 1. The highest BCUT2D eigenvalue weighted by atomic mass is 32.2. The lowest BCUT2D eigenvalue weighted by molar-refractivity contribution is 0.467. The molecule has 0 heterocycles. The predicted octanol–water partition coefficient (Wildman–Crippen LogP) is -0.123. The summed E-state index contributed by atoms with van der Waals surface area (Å²) in [7, 11) is 0.351. The molecule has 0 aliphatic carbocycles. The molecular weight excluding hydrogens is 176 g/mol. The van der Waals surface area contributed by atoms with Gasteiger partial charge in [-0.3, -0.25) is 0 Å². The molecule has 0 aliphatic rings. The molecule has 0 amide bonds. The average Bonchev–Trinajstić information content (AvgIpc) is 2.01. The van der Waals surface area contributed by atoms with Gasteiger partial charge in [0.15, 0.2) is 0 Å². The monoisotopic (exact) mass is 194 g/mol. The molecule has 0 aromatic heterocycles. The van der Waals surface area contributed by atoms with Gasteiger partial charge >= 0.3 is 0 Å². The molecule has 1 N–H and O–H groups in total. The molecule has 0 rings (SSSR count). The fourth-order valence-electron chi connectivity index (χ4n) is 0.841. The molecule has 0 aromatic carbocycles. The summed E-state index contributed by atoms with van der Waals surface area (Å²) in [5.74, 6) is 0.181. The number of hydrogen-bond acceptors (Lipinski definition) is 3. The average molecular weight is 194 g/mol. The minimum absolute atomic E-state index is 0.181. The molecule has 74 valence electrons. The van der Waals surface area contributed by atoms with Crippen molar-refractivity contribution in [3.05, 3.63) is 0 Å². The van der Waals surface area contributed by atoms with Crippen LogP contribution in [0.15, 0.2) is 0 Å². The van der Waals surface area contributed by atoms with Crippen LogP contribution in [-0.2, 0) is 10.0 Å². The minimum Gasteiger partial charge on any atom is -0.319 e. The molecule has 5 heteroatoms. The highest BCUT2D eigenvalue weighted by molar-refractivity contribution is 7.89. The summed E-state index contributed by atoms with van der Waals surface area (Å²) >= 11 is 0. The Kier molecular flexibility index (Phi) is 5.44. The molecule has 0 aliphatic heterocycles. The van der Waals surface area contributed by atoms with Crippen LogP contribution in [0.5, 0.6) is 0 Å². The number of nitrogens with zero attached hydrogens (tertiary/aromatic N) is 1. The maximum Gasteiger partial charge on any atom is 0.215 e. The largest absolute Gasteiger partial charge is 0.319 e. The fourth-order valence-corrected chi connectivity index (χ4v) is 2.08. The quantitative estimate of drug-likeness (QED) is 0.641. The smallest absolute Gasteiger partial charge is 0.215 e. The Morgan fingerprint density at radius 3 is 2.42 bits per heavy atom. The van der Waals surface area contributed by atoms with E-state index in [9.17, 15) is 8.42 Å². The van der Waals surface area contributed by atoms with Gasteiger partial charge in [0.1, 0.15) is 0 Å². The molecule has 0 atom stereocenters. The summed E-state index contributed by atoms with van der Waals surface area (Å²) in [5, 5.41) is 2.81. The Balaban J connectivity index is 4.01. The van der Waals surface area contributed by atoms with Gasteiger partial charge in [0.2, 0.25) is 10.0 Å². The van der Waals surface area contributed by atoms with Crippen molar-refractivity contribution in [3.63, 3.8) is 0 Å². The van der Waals surface area contributed by atoms with Gasteiger partial charge in [0.25, 0.3) is 0 Å². The van der Waals surface area contributed by atoms with Crippen LogP contribution in [0.4, 0.5) is 0 Å². The highest BCUT2D eigenvalue weighted by Gasteiger charge is 2.15.